The Hall–Kier alpha value is -1.81. The third kappa shape index (κ3) is 4.21. The first-order chi connectivity index (χ1) is 13.2. The first kappa shape index (κ1) is 18.5. The van der Waals surface area contributed by atoms with E-state index in [1.165, 1.54) is 12.8 Å². The SMILES string of the molecule is CCCCCSc1nnc2c(n1)O[C@@H](c1ccc(I)o1)Nc1ccccc1-2. The fourth-order valence-corrected chi connectivity index (χ4v) is 4.03. The fraction of sp³-hybridized carbons (Fsp3) is 0.316. The zero-order valence-electron chi connectivity index (χ0n) is 14.8. The molecule has 1 aromatic carbocycles. The molecule has 0 radical (unpaired) electrons. The summed E-state index contributed by atoms with van der Waals surface area (Å²) in [6.07, 6.45) is 3.06. The summed E-state index contributed by atoms with van der Waals surface area (Å²) in [5.41, 5.74) is 2.46. The van der Waals surface area contributed by atoms with E-state index in [0.717, 1.165) is 27.2 Å². The number of rotatable bonds is 6. The van der Waals surface area contributed by atoms with E-state index in [9.17, 15) is 0 Å². The minimum atomic E-state index is -0.481. The van der Waals surface area contributed by atoms with Crippen LogP contribution in [0.15, 0.2) is 46.0 Å². The normalized spacial score (nSPS) is 15.3. The van der Waals surface area contributed by atoms with E-state index in [4.69, 9.17) is 9.15 Å². The number of thioether (sulfide) groups is 1. The van der Waals surface area contributed by atoms with Gasteiger partial charge in [0.2, 0.25) is 17.3 Å². The molecule has 8 heteroatoms. The number of hydrogen-bond donors (Lipinski definition) is 1. The van der Waals surface area contributed by atoms with Crippen molar-refractivity contribution >= 4 is 40.0 Å². The van der Waals surface area contributed by atoms with Gasteiger partial charge in [0, 0.05) is 17.0 Å². The summed E-state index contributed by atoms with van der Waals surface area (Å²) in [5, 5.41) is 12.7. The molecule has 2 aromatic heterocycles. The quantitative estimate of drug-likeness (QED) is 0.275. The number of hydrogen-bond acceptors (Lipinski definition) is 7. The number of furan rings is 1. The fourth-order valence-electron chi connectivity index (χ4n) is 2.82. The second-order valence-electron chi connectivity index (χ2n) is 6.13. The Kier molecular flexibility index (Phi) is 5.82. The molecule has 0 saturated heterocycles. The lowest BCUT2D eigenvalue weighted by Gasteiger charge is -2.16. The summed E-state index contributed by atoms with van der Waals surface area (Å²) in [4.78, 5) is 4.64. The zero-order valence-corrected chi connectivity index (χ0v) is 17.8. The molecule has 4 rings (SSSR count). The van der Waals surface area contributed by atoms with Crippen molar-refractivity contribution in [1.29, 1.82) is 0 Å². The van der Waals surface area contributed by atoms with Gasteiger partial charge in [0.15, 0.2) is 15.2 Å². The van der Waals surface area contributed by atoms with Crippen molar-refractivity contribution in [1.82, 2.24) is 15.2 Å². The number of nitrogens with zero attached hydrogens (tertiary/aromatic N) is 3. The predicted octanol–water partition coefficient (Wildman–Crippen LogP) is 5.52. The van der Waals surface area contributed by atoms with Crippen LogP contribution >= 0.6 is 34.4 Å². The maximum Gasteiger partial charge on any atom is 0.247 e. The molecule has 0 amide bonds. The molecular formula is C19H19IN4O2S. The van der Waals surface area contributed by atoms with E-state index in [1.807, 2.05) is 36.4 Å². The van der Waals surface area contributed by atoms with E-state index in [1.54, 1.807) is 11.8 Å². The average molecular weight is 494 g/mol. The second kappa shape index (κ2) is 8.47. The molecule has 0 saturated carbocycles. The van der Waals surface area contributed by atoms with Crippen LogP contribution in [-0.2, 0) is 0 Å². The highest BCUT2D eigenvalue weighted by Gasteiger charge is 2.27. The molecule has 6 nitrogen and oxygen atoms in total. The van der Waals surface area contributed by atoms with Crippen molar-refractivity contribution in [2.75, 3.05) is 11.1 Å². The van der Waals surface area contributed by atoms with Crippen molar-refractivity contribution in [3.05, 3.63) is 45.9 Å². The second-order valence-corrected chi connectivity index (χ2v) is 8.26. The number of aromatic nitrogens is 3. The van der Waals surface area contributed by atoms with Crippen molar-refractivity contribution in [3.8, 4) is 17.1 Å². The van der Waals surface area contributed by atoms with Gasteiger partial charge in [-0.2, -0.15) is 4.98 Å². The molecule has 0 spiro atoms. The monoisotopic (exact) mass is 494 g/mol. The van der Waals surface area contributed by atoms with E-state index in [0.29, 0.717) is 22.5 Å². The van der Waals surface area contributed by atoms with Crippen LogP contribution in [-0.4, -0.2) is 20.9 Å². The Balaban J connectivity index is 1.67. The number of unbranched alkanes of at least 4 members (excludes halogenated alkanes) is 2. The standard InChI is InChI=1S/C19H19IN4O2S/c1-2-3-6-11-27-19-22-18-16(23-24-19)12-7-4-5-8-13(12)21-17(26-18)14-9-10-15(20)25-14/h4-5,7-10,17,21H,2-3,6,11H2,1H3/t17-/m0/s1. The Morgan fingerprint density at radius 2 is 2.04 bits per heavy atom. The number of benzene rings is 1. The van der Waals surface area contributed by atoms with Crippen molar-refractivity contribution in [2.45, 2.75) is 37.6 Å². The highest BCUT2D eigenvalue weighted by molar-refractivity contribution is 14.1. The molecule has 3 heterocycles. The lowest BCUT2D eigenvalue weighted by molar-refractivity contribution is 0.193. The Labute approximate surface area is 175 Å². The van der Waals surface area contributed by atoms with E-state index in [-0.39, 0.29) is 0 Å². The lowest BCUT2D eigenvalue weighted by atomic mass is 10.1. The van der Waals surface area contributed by atoms with Gasteiger partial charge in [0.25, 0.3) is 0 Å². The molecule has 140 valence electrons. The lowest BCUT2D eigenvalue weighted by Crippen LogP contribution is -2.16. The molecule has 1 aliphatic rings. The van der Waals surface area contributed by atoms with E-state index >= 15 is 0 Å². The number of anilines is 1. The van der Waals surface area contributed by atoms with Gasteiger partial charge in [-0.05, 0) is 47.2 Å². The summed E-state index contributed by atoms with van der Waals surface area (Å²) in [7, 11) is 0. The van der Waals surface area contributed by atoms with Crippen LogP contribution in [0.25, 0.3) is 11.3 Å². The summed E-state index contributed by atoms with van der Waals surface area (Å²) >= 11 is 3.75. The number of fused-ring (bicyclic) bond motifs is 3. The first-order valence-corrected chi connectivity index (χ1v) is 11.0. The predicted molar refractivity (Wildman–Crippen MR) is 114 cm³/mol. The third-order valence-electron chi connectivity index (χ3n) is 4.17. The van der Waals surface area contributed by atoms with Crippen LogP contribution in [0.4, 0.5) is 5.69 Å². The number of nitrogens with one attached hydrogen (secondary N) is 1. The molecule has 0 bridgehead atoms. The van der Waals surface area contributed by atoms with Crippen molar-refractivity contribution in [3.63, 3.8) is 0 Å². The molecule has 0 unspecified atom stereocenters. The Bertz CT molecular complexity index is 934. The molecular weight excluding hydrogens is 475 g/mol. The van der Waals surface area contributed by atoms with Crippen LogP contribution in [0.2, 0.25) is 0 Å². The molecule has 0 aliphatic carbocycles. The van der Waals surface area contributed by atoms with Gasteiger partial charge in [-0.25, -0.2) is 0 Å². The van der Waals surface area contributed by atoms with Gasteiger partial charge < -0.3 is 14.5 Å². The molecule has 1 aliphatic heterocycles. The smallest absolute Gasteiger partial charge is 0.247 e. The maximum atomic E-state index is 6.17. The van der Waals surface area contributed by atoms with E-state index < -0.39 is 6.23 Å². The highest BCUT2D eigenvalue weighted by Crippen LogP contribution is 2.39. The Morgan fingerprint density at radius 1 is 1.15 bits per heavy atom. The summed E-state index contributed by atoms with van der Waals surface area (Å²) in [5.74, 6) is 2.14. The molecule has 27 heavy (non-hydrogen) atoms. The number of para-hydroxylation sites is 1. The summed E-state index contributed by atoms with van der Waals surface area (Å²) in [6, 6.07) is 11.7. The van der Waals surface area contributed by atoms with Gasteiger partial charge in [0.05, 0.1) is 0 Å². The van der Waals surface area contributed by atoms with Crippen molar-refractivity contribution < 1.29 is 9.15 Å². The largest absolute Gasteiger partial charge is 0.449 e. The van der Waals surface area contributed by atoms with Gasteiger partial charge in [-0.15, -0.1) is 10.2 Å². The van der Waals surface area contributed by atoms with E-state index in [2.05, 4.69) is 50.0 Å². The minimum absolute atomic E-state index is 0.469. The van der Waals surface area contributed by atoms with Crippen LogP contribution < -0.4 is 10.1 Å². The molecule has 1 atom stereocenters. The third-order valence-corrected chi connectivity index (χ3v) is 5.67. The van der Waals surface area contributed by atoms with Gasteiger partial charge >= 0.3 is 0 Å². The van der Waals surface area contributed by atoms with Crippen LogP contribution in [0.1, 0.15) is 38.2 Å². The number of ether oxygens (including phenoxy) is 1. The van der Waals surface area contributed by atoms with Crippen LogP contribution in [0, 0.1) is 3.77 Å². The van der Waals surface area contributed by atoms with Crippen LogP contribution in [0.5, 0.6) is 5.88 Å². The molecule has 1 N–H and O–H groups in total. The summed E-state index contributed by atoms with van der Waals surface area (Å²) in [6.45, 7) is 2.19. The van der Waals surface area contributed by atoms with Gasteiger partial charge in [0.1, 0.15) is 0 Å². The zero-order chi connectivity index (χ0) is 18.6. The first-order valence-electron chi connectivity index (χ1n) is 8.90. The average Bonchev–Trinajstić information content (AvgIpc) is 3.04. The van der Waals surface area contributed by atoms with Crippen molar-refractivity contribution in [2.24, 2.45) is 0 Å². The maximum absolute atomic E-state index is 6.17. The summed E-state index contributed by atoms with van der Waals surface area (Å²) < 4.78 is 12.7. The topological polar surface area (TPSA) is 73.1 Å². The minimum Gasteiger partial charge on any atom is -0.449 e. The number of halogens is 1. The highest BCUT2D eigenvalue weighted by atomic mass is 127. The van der Waals surface area contributed by atoms with Gasteiger partial charge in [-0.1, -0.05) is 49.7 Å². The molecule has 0 fully saturated rings. The van der Waals surface area contributed by atoms with Crippen LogP contribution in [0.3, 0.4) is 0 Å². The van der Waals surface area contributed by atoms with Gasteiger partial charge in [-0.3, -0.25) is 0 Å². The molecule has 3 aromatic rings. The Morgan fingerprint density at radius 3 is 2.85 bits per heavy atom.